The van der Waals surface area contributed by atoms with Crippen LogP contribution in [0.5, 0.6) is 0 Å². The minimum absolute atomic E-state index is 0.179. The lowest BCUT2D eigenvalue weighted by Crippen LogP contribution is -2.19. The number of amides is 1. The Morgan fingerprint density at radius 1 is 1.07 bits per heavy atom. The summed E-state index contributed by atoms with van der Waals surface area (Å²) in [6, 6.07) is 16.5. The van der Waals surface area contributed by atoms with Gasteiger partial charge < -0.3 is 9.67 Å². The second kappa shape index (κ2) is 8.56. The van der Waals surface area contributed by atoms with Crippen LogP contribution >= 0.6 is 0 Å². The average molecular weight is 389 g/mol. The normalized spacial score (nSPS) is 11.0. The average Bonchev–Trinajstić information content (AvgIpc) is 2.96. The van der Waals surface area contributed by atoms with E-state index in [9.17, 15) is 9.59 Å². The third-order valence-electron chi connectivity index (χ3n) is 4.76. The molecule has 0 bridgehead atoms. The number of nitrogens with one attached hydrogen (secondary N) is 1. The number of carbonyl (C=O) groups is 2. The smallest absolute Gasteiger partial charge is 0.335 e. The van der Waals surface area contributed by atoms with Crippen molar-refractivity contribution in [3.8, 4) is 5.69 Å². The van der Waals surface area contributed by atoms with Crippen LogP contribution in [0.4, 0.5) is 0 Å². The molecular weight excluding hydrogens is 366 g/mol. The van der Waals surface area contributed by atoms with Crippen molar-refractivity contribution in [2.75, 3.05) is 0 Å². The van der Waals surface area contributed by atoms with E-state index in [1.165, 1.54) is 0 Å². The van der Waals surface area contributed by atoms with E-state index in [1.54, 1.807) is 24.4 Å². The van der Waals surface area contributed by atoms with E-state index in [4.69, 9.17) is 5.11 Å². The summed E-state index contributed by atoms with van der Waals surface area (Å²) in [6.07, 6.45) is 1.90. The second-order valence-electron chi connectivity index (χ2n) is 6.92. The van der Waals surface area contributed by atoms with Crippen molar-refractivity contribution >= 4 is 18.1 Å². The maximum absolute atomic E-state index is 12.0. The van der Waals surface area contributed by atoms with Crippen LogP contribution in [0, 0.1) is 20.8 Å². The molecule has 0 aliphatic rings. The molecular formula is C23H23N3O3. The van der Waals surface area contributed by atoms with E-state index in [0.29, 0.717) is 0 Å². The fourth-order valence-electron chi connectivity index (χ4n) is 3.32. The zero-order chi connectivity index (χ0) is 21.0. The van der Waals surface area contributed by atoms with Gasteiger partial charge in [-0.2, -0.15) is 5.10 Å². The molecule has 1 aromatic heterocycles. The molecule has 0 saturated carbocycles. The van der Waals surface area contributed by atoms with Crippen LogP contribution in [0.2, 0.25) is 0 Å². The van der Waals surface area contributed by atoms with E-state index < -0.39 is 5.97 Å². The number of nitrogens with zero attached hydrogens (tertiary/aromatic N) is 2. The fraction of sp³-hybridized carbons (Fsp3) is 0.174. The molecule has 0 unspecified atom stereocenters. The molecule has 1 amide bonds. The fourth-order valence-corrected chi connectivity index (χ4v) is 3.32. The minimum Gasteiger partial charge on any atom is -0.478 e. The first kappa shape index (κ1) is 20.1. The van der Waals surface area contributed by atoms with Gasteiger partial charge in [-0.05, 0) is 56.2 Å². The molecule has 0 spiro atoms. The number of hydrazone groups is 1. The van der Waals surface area contributed by atoms with E-state index in [2.05, 4.69) is 10.5 Å². The Morgan fingerprint density at radius 3 is 2.45 bits per heavy atom. The van der Waals surface area contributed by atoms with Crippen molar-refractivity contribution in [1.82, 2.24) is 9.99 Å². The van der Waals surface area contributed by atoms with Crippen LogP contribution in [0.15, 0.2) is 59.7 Å². The van der Waals surface area contributed by atoms with Crippen LogP contribution < -0.4 is 5.43 Å². The van der Waals surface area contributed by atoms with Crippen molar-refractivity contribution in [1.29, 1.82) is 0 Å². The van der Waals surface area contributed by atoms with Crippen LogP contribution in [0.3, 0.4) is 0 Å². The lowest BCUT2D eigenvalue weighted by molar-refractivity contribution is -0.120. The molecule has 0 saturated heterocycles. The lowest BCUT2D eigenvalue weighted by Gasteiger charge is -2.13. The summed E-state index contributed by atoms with van der Waals surface area (Å²) in [4.78, 5) is 23.2. The van der Waals surface area contributed by atoms with E-state index >= 15 is 0 Å². The summed E-state index contributed by atoms with van der Waals surface area (Å²) < 4.78 is 2.05. The lowest BCUT2D eigenvalue weighted by atomic mass is 10.1. The maximum atomic E-state index is 12.0. The molecule has 2 N–H and O–H groups in total. The number of carboxylic acids is 1. The molecule has 0 atom stereocenters. The number of carboxylic acid groups (broad SMARTS) is 1. The standard InChI is InChI=1S/C23H23N3O3/c1-15-11-19(23(28)29)9-10-21(15)26-16(2)12-20(17(26)3)14-24-25-22(27)13-18-7-5-4-6-8-18/h4-12,14H,13H2,1-3H3,(H,25,27)(H,28,29)/b24-14+. The van der Waals surface area contributed by atoms with Crippen molar-refractivity contribution in [3.05, 3.63) is 88.2 Å². The van der Waals surface area contributed by atoms with Crippen LogP contribution in [0.1, 0.15) is 38.4 Å². The number of rotatable bonds is 6. The van der Waals surface area contributed by atoms with Gasteiger partial charge in [-0.15, -0.1) is 0 Å². The monoisotopic (exact) mass is 389 g/mol. The molecule has 2 aromatic carbocycles. The number of carbonyl (C=O) groups excluding carboxylic acids is 1. The largest absolute Gasteiger partial charge is 0.478 e. The molecule has 0 fully saturated rings. The highest BCUT2D eigenvalue weighted by Crippen LogP contribution is 2.23. The van der Waals surface area contributed by atoms with Gasteiger partial charge in [0.1, 0.15) is 0 Å². The van der Waals surface area contributed by atoms with Crippen LogP contribution in [0.25, 0.3) is 5.69 Å². The Bertz CT molecular complexity index is 1080. The Kier molecular flexibility index (Phi) is 5.93. The summed E-state index contributed by atoms with van der Waals surface area (Å²) in [5.41, 5.74) is 8.36. The van der Waals surface area contributed by atoms with Gasteiger partial charge in [0, 0.05) is 22.6 Å². The number of aryl methyl sites for hydroxylation is 2. The molecule has 6 heteroatoms. The molecule has 148 valence electrons. The highest BCUT2D eigenvalue weighted by molar-refractivity contribution is 5.88. The number of hydrogen-bond donors (Lipinski definition) is 2. The number of aromatic nitrogens is 1. The van der Waals surface area contributed by atoms with Gasteiger partial charge in [-0.1, -0.05) is 30.3 Å². The van der Waals surface area contributed by atoms with E-state index in [1.807, 2.05) is 61.7 Å². The van der Waals surface area contributed by atoms with Crippen LogP contribution in [-0.4, -0.2) is 27.8 Å². The zero-order valence-electron chi connectivity index (χ0n) is 16.6. The second-order valence-corrected chi connectivity index (χ2v) is 6.92. The molecule has 29 heavy (non-hydrogen) atoms. The van der Waals surface area contributed by atoms with Crippen molar-refractivity contribution in [2.24, 2.45) is 5.10 Å². The van der Waals surface area contributed by atoms with Gasteiger partial charge in [-0.3, -0.25) is 4.79 Å². The predicted molar refractivity (Wildman–Crippen MR) is 113 cm³/mol. The first-order chi connectivity index (χ1) is 13.9. The Hall–Kier alpha value is -3.67. The molecule has 3 aromatic rings. The number of aromatic carboxylic acids is 1. The number of benzene rings is 2. The predicted octanol–water partition coefficient (Wildman–Crippen LogP) is 3.79. The SMILES string of the molecule is Cc1cc(C(=O)O)ccc1-n1c(C)cc(/C=N/NC(=O)Cc2ccccc2)c1C. The van der Waals surface area contributed by atoms with Gasteiger partial charge in [-0.25, -0.2) is 10.2 Å². The van der Waals surface area contributed by atoms with Crippen molar-refractivity contribution in [3.63, 3.8) is 0 Å². The zero-order valence-corrected chi connectivity index (χ0v) is 16.6. The summed E-state index contributed by atoms with van der Waals surface area (Å²) in [7, 11) is 0. The quantitative estimate of drug-likeness (QED) is 0.497. The van der Waals surface area contributed by atoms with Crippen molar-refractivity contribution < 1.29 is 14.7 Å². The molecule has 0 aliphatic heterocycles. The highest BCUT2D eigenvalue weighted by Gasteiger charge is 2.13. The first-order valence-corrected chi connectivity index (χ1v) is 9.26. The van der Waals surface area contributed by atoms with Gasteiger partial charge in [0.25, 0.3) is 0 Å². The van der Waals surface area contributed by atoms with Crippen LogP contribution in [-0.2, 0) is 11.2 Å². The van der Waals surface area contributed by atoms with Gasteiger partial charge >= 0.3 is 5.97 Å². The van der Waals surface area contributed by atoms with Gasteiger partial charge in [0.15, 0.2) is 0 Å². The number of hydrogen-bond acceptors (Lipinski definition) is 3. The Morgan fingerprint density at radius 2 is 1.79 bits per heavy atom. The Balaban J connectivity index is 1.76. The first-order valence-electron chi connectivity index (χ1n) is 9.26. The molecule has 3 rings (SSSR count). The topological polar surface area (TPSA) is 83.7 Å². The summed E-state index contributed by atoms with van der Waals surface area (Å²) in [5.74, 6) is -1.12. The van der Waals surface area contributed by atoms with E-state index in [0.717, 1.165) is 33.8 Å². The van der Waals surface area contributed by atoms with Crippen molar-refractivity contribution in [2.45, 2.75) is 27.2 Å². The molecule has 6 nitrogen and oxygen atoms in total. The third-order valence-corrected chi connectivity index (χ3v) is 4.76. The summed E-state index contributed by atoms with van der Waals surface area (Å²) in [6.45, 7) is 5.83. The Labute approximate surface area is 169 Å². The minimum atomic E-state index is -0.945. The van der Waals surface area contributed by atoms with Gasteiger partial charge in [0.2, 0.25) is 5.91 Å². The molecule has 0 aliphatic carbocycles. The molecule has 0 radical (unpaired) electrons. The van der Waals surface area contributed by atoms with Gasteiger partial charge in [0.05, 0.1) is 18.2 Å². The summed E-state index contributed by atoms with van der Waals surface area (Å²) >= 11 is 0. The molecule has 1 heterocycles. The summed E-state index contributed by atoms with van der Waals surface area (Å²) in [5, 5.41) is 13.3. The highest BCUT2D eigenvalue weighted by atomic mass is 16.4. The maximum Gasteiger partial charge on any atom is 0.335 e. The van der Waals surface area contributed by atoms with E-state index in [-0.39, 0.29) is 17.9 Å². The third kappa shape index (κ3) is 4.60.